The van der Waals surface area contributed by atoms with Crippen LogP contribution >= 0.6 is 34.8 Å². The van der Waals surface area contributed by atoms with Gasteiger partial charge in [-0.15, -0.1) is 0 Å². The molecule has 0 unspecified atom stereocenters. The largest absolute Gasteiger partial charge is 0.460 e. The minimum atomic E-state index is -0.505. The fourth-order valence-corrected chi connectivity index (χ4v) is 3.56. The van der Waals surface area contributed by atoms with E-state index in [1.807, 2.05) is 12.2 Å². The van der Waals surface area contributed by atoms with E-state index >= 15 is 0 Å². The summed E-state index contributed by atoms with van der Waals surface area (Å²) in [6.07, 6.45) is 11.6. The fourth-order valence-electron chi connectivity index (χ4n) is 3.39. The zero-order chi connectivity index (χ0) is 18.2. The van der Waals surface area contributed by atoms with Gasteiger partial charge in [0.2, 0.25) is 5.91 Å². The molecular weight excluding hydrogens is 385 g/mol. The number of carbonyl (C=O) groups is 2. The van der Waals surface area contributed by atoms with Crippen LogP contribution in [0.1, 0.15) is 51.4 Å². The van der Waals surface area contributed by atoms with E-state index in [0.29, 0.717) is 12.8 Å². The zero-order valence-electron chi connectivity index (χ0n) is 14.1. The average molecular weight is 409 g/mol. The number of rotatable bonds is 5. The number of nitrogens with one attached hydrogen (secondary N) is 1. The minimum Gasteiger partial charge on any atom is -0.460 e. The number of ether oxygens (including phenoxy) is 1. The van der Waals surface area contributed by atoms with E-state index in [2.05, 4.69) is 5.32 Å². The third kappa shape index (κ3) is 6.50. The van der Waals surface area contributed by atoms with E-state index in [0.717, 1.165) is 25.7 Å². The molecule has 140 valence electrons. The average Bonchev–Trinajstić information content (AvgIpc) is 2.87. The Morgan fingerprint density at radius 1 is 0.960 bits per heavy atom. The van der Waals surface area contributed by atoms with Gasteiger partial charge in [-0.05, 0) is 25.7 Å². The van der Waals surface area contributed by atoms with Crippen LogP contribution < -0.4 is 5.32 Å². The second kappa shape index (κ2) is 10.4. The molecule has 0 bridgehead atoms. The molecule has 2 aliphatic rings. The summed E-state index contributed by atoms with van der Waals surface area (Å²) >= 11 is 16.9. The van der Waals surface area contributed by atoms with Crippen LogP contribution in [0.5, 0.6) is 0 Å². The second-order valence-electron chi connectivity index (χ2n) is 6.63. The third-order valence-corrected chi connectivity index (χ3v) is 5.77. The van der Waals surface area contributed by atoms with Crippen LogP contribution in [0, 0.1) is 11.8 Å². The highest BCUT2D eigenvalue weighted by atomic mass is 35.5. The molecule has 2 atom stereocenters. The Morgan fingerprint density at radius 2 is 1.56 bits per heavy atom. The Balaban J connectivity index is 1.94. The molecule has 1 N–H and O–H groups in total. The normalized spacial score (nSPS) is 24.3. The van der Waals surface area contributed by atoms with Crippen LogP contribution in [0.2, 0.25) is 0 Å². The van der Waals surface area contributed by atoms with Crippen molar-refractivity contribution >= 4 is 46.7 Å². The lowest BCUT2D eigenvalue weighted by molar-refractivity contribution is -0.152. The molecule has 0 radical (unpaired) electrons. The van der Waals surface area contributed by atoms with Crippen molar-refractivity contribution in [3.05, 3.63) is 21.7 Å². The number of hydrogen-bond acceptors (Lipinski definition) is 3. The molecule has 25 heavy (non-hydrogen) atoms. The Bertz CT molecular complexity index is 536. The van der Waals surface area contributed by atoms with Gasteiger partial charge in [-0.25, -0.2) is 0 Å². The van der Waals surface area contributed by atoms with Gasteiger partial charge in [0.15, 0.2) is 0 Å². The summed E-state index contributed by atoms with van der Waals surface area (Å²) in [7, 11) is 0. The Hall–Kier alpha value is -0.710. The predicted octanol–water partition coefficient (Wildman–Crippen LogP) is 4.84. The van der Waals surface area contributed by atoms with Gasteiger partial charge in [-0.1, -0.05) is 72.6 Å². The number of allylic oxidation sites excluding steroid dienone is 2. The molecule has 0 heterocycles. The minimum absolute atomic E-state index is 0.0600. The highest BCUT2D eigenvalue weighted by Gasteiger charge is 2.36. The quantitative estimate of drug-likeness (QED) is 0.402. The Kier molecular flexibility index (Phi) is 8.60. The lowest BCUT2D eigenvalue weighted by Crippen LogP contribution is -2.43. The van der Waals surface area contributed by atoms with Crippen LogP contribution in [0.4, 0.5) is 0 Å². The monoisotopic (exact) mass is 407 g/mol. The van der Waals surface area contributed by atoms with E-state index < -0.39 is 17.8 Å². The van der Waals surface area contributed by atoms with Gasteiger partial charge in [0.25, 0.3) is 0 Å². The lowest BCUT2D eigenvalue weighted by atomic mass is 9.82. The fraction of sp³-hybridized carbons (Fsp3) is 0.667. The molecule has 7 heteroatoms. The number of esters is 1. The van der Waals surface area contributed by atoms with E-state index in [-0.39, 0.29) is 28.1 Å². The Labute approximate surface area is 163 Å². The van der Waals surface area contributed by atoms with Gasteiger partial charge < -0.3 is 10.1 Å². The molecule has 0 spiro atoms. The molecule has 2 aliphatic carbocycles. The first kappa shape index (κ1) is 20.6. The second-order valence-corrected chi connectivity index (χ2v) is 8.03. The van der Waals surface area contributed by atoms with Crippen LogP contribution in [-0.4, -0.2) is 24.5 Å². The van der Waals surface area contributed by atoms with Crippen molar-refractivity contribution in [2.75, 3.05) is 6.61 Å². The van der Waals surface area contributed by atoms with Gasteiger partial charge in [0.1, 0.15) is 11.1 Å². The number of hydrogen-bond donors (Lipinski definition) is 1. The smallest absolute Gasteiger partial charge is 0.310 e. The molecule has 4 nitrogen and oxygen atoms in total. The first-order valence-corrected chi connectivity index (χ1v) is 9.94. The molecule has 0 aliphatic heterocycles. The number of halogens is 3. The van der Waals surface area contributed by atoms with Gasteiger partial charge in [0, 0.05) is 6.04 Å². The van der Waals surface area contributed by atoms with E-state index in [1.165, 1.54) is 12.8 Å². The summed E-state index contributed by atoms with van der Waals surface area (Å²) in [5.41, 5.74) is 0. The summed E-state index contributed by atoms with van der Waals surface area (Å²) < 4.78 is 5.06. The highest BCUT2D eigenvalue weighted by Crippen LogP contribution is 2.29. The number of amides is 1. The van der Waals surface area contributed by atoms with Crippen molar-refractivity contribution in [3.63, 3.8) is 0 Å². The molecule has 0 aromatic carbocycles. The maximum absolute atomic E-state index is 12.7. The van der Waals surface area contributed by atoms with E-state index in [9.17, 15) is 9.59 Å². The topological polar surface area (TPSA) is 55.4 Å². The maximum Gasteiger partial charge on any atom is 0.310 e. The standard InChI is InChI=1S/C18H24Cl3NO3/c19-15(16(20)21)11-25-18(24)14-10-6-5-9-13(14)17(23)22-12-7-3-1-2-4-8-12/h5-6,12-14H,1-4,7-11H2,(H,22,23)/t13-,14+/m0/s1. The first-order chi connectivity index (χ1) is 12.0. The van der Waals surface area contributed by atoms with Crippen LogP contribution in [0.25, 0.3) is 0 Å². The van der Waals surface area contributed by atoms with Crippen LogP contribution in [0.3, 0.4) is 0 Å². The number of carbonyl (C=O) groups excluding carboxylic acids is 2. The molecular formula is C18H24Cl3NO3. The highest BCUT2D eigenvalue weighted by molar-refractivity contribution is 6.59. The molecule has 2 rings (SSSR count). The van der Waals surface area contributed by atoms with Crippen molar-refractivity contribution in [2.24, 2.45) is 11.8 Å². The van der Waals surface area contributed by atoms with Crippen molar-refractivity contribution < 1.29 is 14.3 Å². The molecule has 1 amide bonds. The summed E-state index contributed by atoms with van der Waals surface area (Å²) in [5.74, 6) is -1.42. The van der Waals surface area contributed by atoms with Crippen molar-refractivity contribution in [3.8, 4) is 0 Å². The van der Waals surface area contributed by atoms with Crippen LogP contribution in [0.15, 0.2) is 21.7 Å². The summed E-state index contributed by atoms with van der Waals surface area (Å²) in [6, 6.07) is 0.213. The van der Waals surface area contributed by atoms with Crippen LogP contribution in [-0.2, 0) is 14.3 Å². The summed E-state index contributed by atoms with van der Waals surface area (Å²) in [6.45, 7) is -0.181. The van der Waals surface area contributed by atoms with E-state index in [4.69, 9.17) is 39.5 Å². The molecule has 0 aromatic heterocycles. The molecule has 0 aromatic rings. The molecule has 1 fully saturated rings. The van der Waals surface area contributed by atoms with Gasteiger partial charge in [-0.2, -0.15) is 0 Å². The summed E-state index contributed by atoms with van der Waals surface area (Å²) in [5, 5.41) is 3.21. The first-order valence-electron chi connectivity index (χ1n) is 8.80. The Morgan fingerprint density at radius 3 is 2.16 bits per heavy atom. The molecule has 1 saturated carbocycles. The third-order valence-electron chi connectivity index (χ3n) is 4.82. The van der Waals surface area contributed by atoms with Crippen molar-refractivity contribution in [1.82, 2.24) is 5.32 Å². The maximum atomic E-state index is 12.7. The zero-order valence-corrected chi connectivity index (χ0v) is 16.4. The SMILES string of the molecule is O=C(NC1CCCCCC1)[C@H]1CC=CC[C@H]1C(=O)OCC(Cl)=C(Cl)Cl. The van der Waals surface area contributed by atoms with Gasteiger partial charge >= 0.3 is 5.97 Å². The molecule has 0 saturated heterocycles. The lowest BCUT2D eigenvalue weighted by Gasteiger charge is -2.28. The van der Waals surface area contributed by atoms with Crippen molar-refractivity contribution in [2.45, 2.75) is 57.4 Å². The summed E-state index contributed by atoms with van der Waals surface area (Å²) in [4.78, 5) is 25.1. The van der Waals surface area contributed by atoms with Gasteiger partial charge in [-0.3, -0.25) is 9.59 Å². The predicted molar refractivity (Wildman–Crippen MR) is 101 cm³/mol. The van der Waals surface area contributed by atoms with Gasteiger partial charge in [0.05, 0.1) is 16.9 Å². The van der Waals surface area contributed by atoms with E-state index in [1.54, 1.807) is 0 Å². The van der Waals surface area contributed by atoms with Crippen molar-refractivity contribution in [1.29, 1.82) is 0 Å².